The molecule has 0 aliphatic carbocycles. The van der Waals surface area contributed by atoms with Gasteiger partial charge in [-0.3, -0.25) is 0 Å². The molecule has 0 aromatic heterocycles. The smallest absolute Gasteiger partial charge is 0.123 e. The molecule has 1 N–H and O–H groups in total. The second-order valence-electron chi connectivity index (χ2n) is 2.57. The minimum Gasteiger partial charge on any atom is -0.389 e. The highest BCUT2D eigenvalue weighted by molar-refractivity contribution is 5.51. The van der Waals surface area contributed by atoms with Gasteiger partial charge in [0.15, 0.2) is 0 Å². The second-order valence-corrected chi connectivity index (χ2v) is 2.57. The summed E-state index contributed by atoms with van der Waals surface area (Å²) in [5, 5.41) is 9.15. The Bertz CT molecular complexity index is 116. The summed E-state index contributed by atoms with van der Waals surface area (Å²) in [5.41, 5.74) is 0. The molecule has 0 saturated heterocycles. The Kier molecular flexibility index (Phi) is 4.85. The predicted octanol–water partition coefficient (Wildman–Crippen LogP) is 1.15. The predicted molar refractivity (Wildman–Crippen MR) is 40.7 cm³/mol. The first kappa shape index (κ1) is 9.37. The summed E-state index contributed by atoms with van der Waals surface area (Å²) >= 11 is 0. The number of hydrogen-bond donors (Lipinski definition) is 1. The molecule has 0 fully saturated rings. The fraction of sp³-hybridized carbons (Fsp3) is 0.625. The number of hydrogen-bond acceptors (Lipinski definition) is 2. The molecule has 2 nitrogen and oxygen atoms in total. The lowest BCUT2D eigenvalue weighted by molar-refractivity contribution is -0.107. The molecular formula is C8H14O2. The molecule has 1 atom stereocenters. The summed E-state index contributed by atoms with van der Waals surface area (Å²) in [5.74, 6) is 0.225. The van der Waals surface area contributed by atoms with Gasteiger partial charge in [-0.15, -0.1) is 0 Å². The van der Waals surface area contributed by atoms with Crippen LogP contribution < -0.4 is 0 Å². The lowest BCUT2D eigenvalue weighted by Gasteiger charge is -2.07. The Morgan fingerprint density at radius 1 is 1.50 bits per heavy atom. The van der Waals surface area contributed by atoms with E-state index in [2.05, 4.69) is 0 Å². The first-order valence-corrected chi connectivity index (χ1v) is 3.47. The van der Waals surface area contributed by atoms with Crippen molar-refractivity contribution in [2.75, 3.05) is 0 Å². The van der Waals surface area contributed by atoms with Crippen LogP contribution in [0, 0.1) is 5.92 Å². The summed E-state index contributed by atoms with van der Waals surface area (Å²) in [4.78, 5) is 9.82. The summed E-state index contributed by atoms with van der Waals surface area (Å²) in [6.07, 6.45) is 4.12. The van der Waals surface area contributed by atoms with Crippen LogP contribution in [0.1, 0.15) is 20.3 Å². The van der Waals surface area contributed by atoms with Gasteiger partial charge in [0.25, 0.3) is 0 Å². The van der Waals surface area contributed by atoms with E-state index in [9.17, 15) is 4.79 Å². The monoisotopic (exact) mass is 142 g/mol. The zero-order valence-electron chi connectivity index (χ0n) is 6.45. The molecule has 0 saturated carbocycles. The molecule has 0 aliphatic rings. The van der Waals surface area contributed by atoms with Crippen LogP contribution in [0.5, 0.6) is 0 Å². The highest BCUT2D eigenvalue weighted by atomic mass is 16.3. The largest absolute Gasteiger partial charge is 0.389 e. The Morgan fingerprint density at radius 3 is 2.50 bits per heavy atom. The van der Waals surface area contributed by atoms with Gasteiger partial charge >= 0.3 is 0 Å². The van der Waals surface area contributed by atoms with Crippen LogP contribution >= 0.6 is 0 Å². The lowest BCUT2D eigenvalue weighted by atomic mass is 10.1. The number of aldehydes is 1. The highest BCUT2D eigenvalue weighted by Gasteiger charge is 2.02. The number of rotatable bonds is 4. The van der Waals surface area contributed by atoms with E-state index in [0.717, 1.165) is 6.29 Å². The van der Waals surface area contributed by atoms with E-state index in [4.69, 9.17) is 5.11 Å². The minimum atomic E-state index is -0.417. The molecule has 0 aromatic carbocycles. The molecular weight excluding hydrogens is 128 g/mol. The molecule has 0 heterocycles. The number of aliphatic hydroxyl groups is 1. The summed E-state index contributed by atoms with van der Waals surface area (Å²) in [7, 11) is 0. The van der Waals surface area contributed by atoms with Crippen molar-refractivity contribution in [2.45, 2.75) is 26.4 Å². The van der Waals surface area contributed by atoms with Gasteiger partial charge in [0.2, 0.25) is 0 Å². The van der Waals surface area contributed by atoms with Gasteiger partial charge in [0.1, 0.15) is 6.29 Å². The third kappa shape index (κ3) is 4.27. The van der Waals surface area contributed by atoms with Gasteiger partial charge in [-0.25, -0.2) is 0 Å². The Hall–Kier alpha value is -0.630. The SMILES string of the molecule is CC(C)C(O)/C=C/CC=O. The van der Waals surface area contributed by atoms with Crippen molar-refractivity contribution in [1.29, 1.82) is 0 Å². The van der Waals surface area contributed by atoms with Crippen LogP contribution in [0.3, 0.4) is 0 Å². The van der Waals surface area contributed by atoms with Crippen molar-refractivity contribution in [2.24, 2.45) is 5.92 Å². The first-order chi connectivity index (χ1) is 4.68. The summed E-state index contributed by atoms with van der Waals surface area (Å²) in [6, 6.07) is 0. The van der Waals surface area contributed by atoms with Gasteiger partial charge in [-0.05, 0) is 5.92 Å². The van der Waals surface area contributed by atoms with E-state index in [1.165, 1.54) is 0 Å². The van der Waals surface area contributed by atoms with E-state index < -0.39 is 6.10 Å². The second kappa shape index (κ2) is 5.18. The third-order valence-corrected chi connectivity index (χ3v) is 1.25. The number of allylic oxidation sites excluding steroid dienone is 1. The Morgan fingerprint density at radius 2 is 2.10 bits per heavy atom. The van der Waals surface area contributed by atoms with Crippen molar-refractivity contribution < 1.29 is 9.90 Å². The van der Waals surface area contributed by atoms with E-state index in [0.29, 0.717) is 6.42 Å². The van der Waals surface area contributed by atoms with Crippen LogP contribution in [0.25, 0.3) is 0 Å². The van der Waals surface area contributed by atoms with Gasteiger partial charge in [0, 0.05) is 6.42 Å². The zero-order chi connectivity index (χ0) is 7.98. The van der Waals surface area contributed by atoms with Crippen molar-refractivity contribution in [3.05, 3.63) is 12.2 Å². The van der Waals surface area contributed by atoms with Crippen molar-refractivity contribution in [1.82, 2.24) is 0 Å². The average Bonchev–Trinajstić information content (AvgIpc) is 1.88. The van der Waals surface area contributed by atoms with Crippen molar-refractivity contribution >= 4 is 6.29 Å². The molecule has 0 radical (unpaired) electrons. The quantitative estimate of drug-likeness (QED) is 0.472. The molecule has 10 heavy (non-hydrogen) atoms. The first-order valence-electron chi connectivity index (χ1n) is 3.47. The van der Waals surface area contributed by atoms with Gasteiger partial charge in [-0.1, -0.05) is 26.0 Å². The standard InChI is InChI=1S/C8H14O2/c1-7(2)8(10)5-3-4-6-9/h3,5-8,10H,4H2,1-2H3/b5-3+. The summed E-state index contributed by atoms with van der Waals surface area (Å²) in [6.45, 7) is 3.85. The van der Waals surface area contributed by atoms with Gasteiger partial charge in [-0.2, -0.15) is 0 Å². The van der Waals surface area contributed by atoms with Crippen LogP contribution in [0.4, 0.5) is 0 Å². The maximum atomic E-state index is 9.82. The molecule has 1 unspecified atom stereocenters. The molecule has 0 spiro atoms. The maximum absolute atomic E-state index is 9.82. The maximum Gasteiger partial charge on any atom is 0.123 e. The molecule has 0 bridgehead atoms. The van der Waals surface area contributed by atoms with Gasteiger partial charge in [0.05, 0.1) is 6.10 Å². The number of aliphatic hydroxyl groups excluding tert-OH is 1. The van der Waals surface area contributed by atoms with E-state index >= 15 is 0 Å². The minimum absolute atomic E-state index is 0.225. The molecule has 2 heteroatoms. The van der Waals surface area contributed by atoms with E-state index in [1.54, 1.807) is 12.2 Å². The zero-order valence-corrected chi connectivity index (χ0v) is 6.45. The third-order valence-electron chi connectivity index (χ3n) is 1.25. The molecule has 0 aliphatic heterocycles. The van der Waals surface area contributed by atoms with Crippen LogP contribution in [0.2, 0.25) is 0 Å². The normalized spacial score (nSPS) is 14.4. The number of carbonyl (C=O) groups is 1. The number of carbonyl (C=O) groups excluding carboxylic acids is 1. The van der Waals surface area contributed by atoms with Crippen molar-refractivity contribution in [3.63, 3.8) is 0 Å². The molecule has 0 amide bonds. The molecule has 58 valence electrons. The fourth-order valence-electron chi connectivity index (χ4n) is 0.496. The van der Waals surface area contributed by atoms with E-state index in [1.807, 2.05) is 13.8 Å². The average molecular weight is 142 g/mol. The topological polar surface area (TPSA) is 37.3 Å². The summed E-state index contributed by atoms with van der Waals surface area (Å²) < 4.78 is 0. The Labute approximate surface area is 61.6 Å². The Balaban J connectivity index is 3.54. The van der Waals surface area contributed by atoms with Crippen LogP contribution in [-0.2, 0) is 4.79 Å². The van der Waals surface area contributed by atoms with Crippen LogP contribution in [0.15, 0.2) is 12.2 Å². The lowest BCUT2D eigenvalue weighted by Crippen LogP contribution is -2.10. The van der Waals surface area contributed by atoms with Crippen LogP contribution in [-0.4, -0.2) is 17.5 Å². The fourth-order valence-corrected chi connectivity index (χ4v) is 0.496. The van der Waals surface area contributed by atoms with Crippen molar-refractivity contribution in [3.8, 4) is 0 Å². The van der Waals surface area contributed by atoms with E-state index in [-0.39, 0.29) is 5.92 Å². The highest BCUT2D eigenvalue weighted by Crippen LogP contribution is 2.01. The molecule has 0 aromatic rings. The van der Waals surface area contributed by atoms with Gasteiger partial charge < -0.3 is 9.90 Å². The molecule has 0 rings (SSSR count).